The number of rotatable bonds is 11. The van der Waals surface area contributed by atoms with Gasteiger partial charge in [0.15, 0.2) is 0 Å². The number of nitrogens with zero attached hydrogens (tertiary/aromatic N) is 1. The predicted octanol–water partition coefficient (Wildman–Crippen LogP) is -1.47. The minimum absolute atomic E-state index is 0.00625. The van der Waals surface area contributed by atoms with Gasteiger partial charge in [0, 0.05) is 19.1 Å². The molecule has 0 radical (unpaired) electrons. The fourth-order valence-corrected chi connectivity index (χ4v) is 2.66. The summed E-state index contributed by atoms with van der Waals surface area (Å²) < 4.78 is 0. The van der Waals surface area contributed by atoms with Gasteiger partial charge < -0.3 is 26.4 Å². The van der Waals surface area contributed by atoms with Gasteiger partial charge in [-0.25, -0.2) is 0 Å². The lowest BCUT2D eigenvalue weighted by Gasteiger charge is -2.31. The fraction of sp³-hybridized carbons (Fsp3) is 0.750. The van der Waals surface area contributed by atoms with Crippen molar-refractivity contribution in [1.82, 2.24) is 15.5 Å². The summed E-state index contributed by atoms with van der Waals surface area (Å²) in [5, 5.41) is 30.5. The number of amides is 1. The molecule has 156 valence electrons. The fourth-order valence-electron chi connectivity index (χ4n) is 2.66. The second-order valence-electron chi connectivity index (χ2n) is 6.12. The van der Waals surface area contributed by atoms with Crippen molar-refractivity contribution < 1.29 is 34.5 Å². The molecule has 1 saturated carbocycles. The molecule has 0 bridgehead atoms. The molecule has 7 N–H and O–H groups in total. The van der Waals surface area contributed by atoms with Crippen LogP contribution in [-0.4, -0.2) is 89.3 Å². The lowest BCUT2D eigenvalue weighted by Crippen LogP contribution is -2.43. The van der Waals surface area contributed by atoms with Crippen molar-refractivity contribution in [2.45, 2.75) is 38.1 Å². The summed E-state index contributed by atoms with van der Waals surface area (Å²) in [7, 11) is 0. The first-order valence-electron chi connectivity index (χ1n) is 8.83. The summed E-state index contributed by atoms with van der Waals surface area (Å²) in [6.07, 6.45) is 5.15. The van der Waals surface area contributed by atoms with Gasteiger partial charge in [-0.05, 0) is 12.8 Å². The van der Waals surface area contributed by atoms with E-state index in [4.69, 9.17) is 21.1 Å². The van der Waals surface area contributed by atoms with Crippen LogP contribution in [0.25, 0.3) is 0 Å². The maximum Gasteiger partial charge on any atom is 0.317 e. The van der Waals surface area contributed by atoms with Gasteiger partial charge in [-0.1, -0.05) is 19.3 Å². The third kappa shape index (κ3) is 14.6. The lowest BCUT2D eigenvalue weighted by molar-refractivity contribution is -0.143. The van der Waals surface area contributed by atoms with Gasteiger partial charge in [0.1, 0.15) is 0 Å². The van der Waals surface area contributed by atoms with E-state index in [-0.39, 0.29) is 38.1 Å². The normalized spacial score (nSPS) is 14.1. The Balaban J connectivity index is 0.000000516. The highest BCUT2D eigenvalue weighted by Gasteiger charge is 2.24. The second kappa shape index (κ2) is 14.9. The summed E-state index contributed by atoms with van der Waals surface area (Å²) in [5.41, 5.74) is 5.12. The van der Waals surface area contributed by atoms with Gasteiger partial charge in [0.25, 0.3) is 0 Å². The van der Waals surface area contributed by atoms with E-state index in [9.17, 15) is 19.2 Å². The van der Waals surface area contributed by atoms with Crippen LogP contribution in [0.2, 0.25) is 0 Å². The number of carbonyl (C=O) groups excluding carboxylic acids is 1. The second-order valence-corrected chi connectivity index (χ2v) is 6.12. The van der Waals surface area contributed by atoms with Crippen LogP contribution in [0.4, 0.5) is 0 Å². The van der Waals surface area contributed by atoms with Crippen molar-refractivity contribution in [2.24, 2.45) is 5.73 Å². The van der Waals surface area contributed by atoms with Crippen molar-refractivity contribution in [3.8, 4) is 0 Å². The molecule has 0 heterocycles. The SMILES string of the molecule is NCCNC(=O)CNCC(=O)O.O=C(O)CN(CC(=O)O)C1CCCCC1. The highest BCUT2D eigenvalue weighted by molar-refractivity contribution is 5.78. The maximum atomic E-state index is 10.8. The molecule has 0 saturated heterocycles. The molecule has 1 aliphatic carbocycles. The number of hydrogen-bond donors (Lipinski definition) is 6. The Morgan fingerprint density at radius 2 is 1.44 bits per heavy atom. The molecule has 0 aromatic rings. The number of hydrogen-bond acceptors (Lipinski definition) is 7. The van der Waals surface area contributed by atoms with E-state index in [0.717, 1.165) is 25.7 Å². The Bertz CT molecular complexity index is 465. The highest BCUT2D eigenvalue weighted by Crippen LogP contribution is 2.22. The summed E-state index contributed by atoms with van der Waals surface area (Å²) >= 11 is 0. The maximum absolute atomic E-state index is 10.8. The first-order chi connectivity index (χ1) is 12.8. The molecule has 1 fully saturated rings. The standard InChI is InChI=1S/C10H17NO4.C6H13N3O3/c12-9(13)6-11(7-10(14)15)8-4-2-1-3-5-8;7-1-2-9-5(10)3-8-4-6(11)12/h8H,1-7H2,(H,12,13)(H,14,15);8H,1-4,7H2,(H,9,10)(H,11,12). The zero-order valence-corrected chi connectivity index (χ0v) is 15.4. The molecule has 0 atom stereocenters. The quantitative estimate of drug-likeness (QED) is 0.243. The summed E-state index contributed by atoms with van der Waals surface area (Å²) in [6.45, 7) is 0.245. The monoisotopic (exact) mass is 390 g/mol. The van der Waals surface area contributed by atoms with Crippen molar-refractivity contribution in [3.05, 3.63) is 0 Å². The van der Waals surface area contributed by atoms with Crippen LogP contribution in [0.5, 0.6) is 0 Å². The van der Waals surface area contributed by atoms with E-state index in [1.165, 1.54) is 6.42 Å². The van der Waals surface area contributed by atoms with Crippen molar-refractivity contribution in [3.63, 3.8) is 0 Å². The minimum atomic E-state index is -0.985. The smallest absolute Gasteiger partial charge is 0.317 e. The molecule has 0 aromatic carbocycles. The van der Waals surface area contributed by atoms with E-state index in [1.54, 1.807) is 4.90 Å². The van der Waals surface area contributed by atoms with E-state index in [1.807, 2.05) is 0 Å². The molecule has 11 heteroatoms. The van der Waals surface area contributed by atoms with Gasteiger partial charge in [-0.15, -0.1) is 0 Å². The van der Waals surface area contributed by atoms with E-state index >= 15 is 0 Å². The van der Waals surface area contributed by atoms with Crippen LogP contribution in [0, 0.1) is 0 Å². The van der Waals surface area contributed by atoms with Crippen molar-refractivity contribution in [2.75, 3.05) is 39.3 Å². The van der Waals surface area contributed by atoms with Crippen molar-refractivity contribution >= 4 is 23.8 Å². The number of carbonyl (C=O) groups is 4. The van der Waals surface area contributed by atoms with E-state index in [2.05, 4.69) is 10.6 Å². The molecule has 1 aliphatic rings. The number of nitrogens with one attached hydrogen (secondary N) is 2. The van der Waals surface area contributed by atoms with Crippen LogP contribution >= 0.6 is 0 Å². The minimum Gasteiger partial charge on any atom is -0.480 e. The highest BCUT2D eigenvalue weighted by atomic mass is 16.4. The van der Waals surface area contributed by atoms with Crippen LogP contribution in [0.3, 0.4) is 0 Å². The zero-order chi connectivity index (χ0) is 20.7. The third-order valence-corrected chi connectivity index (χ3v) is 3.80. The van der Waals surface area contributed by atoms with Crippen LogP contribution in [-0.2, 0) is 19.2 Å². The number of carboxylic acid groups (broad SMARTS) is 3. The molecule has 0 spiro atoms. The third-order valence-electron chi connectivity index (χ3n) is 3.80. The Labute approximate surface area is 157 Å². The Hall–Kier alpha value is -2.24. The molecule has 0 aliphatic heterocycles. The first-order valence-corrected chi connectivity index (χ1v) is 8.83. The van der Waals surface area contributed by atoms with E-state index in [0.29, 0.717) is 13.1 Å². The first kappa shape index (κ1) is 24.8. The molecule has 11 nitrogen and oxygen atoms in total. The summed E-state index contributed by atoms with van der Waals surface area (Å²) in [4.78, 5) is 43.5. The van der Waals surface area contributed by atoms with Crippen LogP contribution in [0.15, 0.2) is 0 Å². The van der Waals surface area contributed by atoms with Crippen LogP contribution < -0.4 is 16.4 Å². The molecular weight excluding hydrogens is 360 g/mol. The molecule has 1 rings (SSSR count). The van der Waals surface area contributed by atoms with Gasteiger partial charge in [-0.2, -0.15) is 0 Å². The predicted molar refractivity (Wildman–Crippen MR) is 96.3 cm³/mol. The molecule has 27 heavy (non-hydrogen) atoms. The van der Waals surface area contributed by atoms with Crippen LogP contribution in [0.1, 0.15) is 32.1 Å². The zero-order valence-electron chi connectivity index (χ0n) is 15.4. The summed E-state index contributed by atoms with van der Waals surface area (Å²) in [6, 6.07) is 0.131. The molecule has 1 amide bonds. The van der Waals surface area contributed by atoms with Crippen molar-refractivity contribution in [1.29, 1.82) is 0 Å². The van der Waals surface area contributed by atoms with E-state index < -0.39 is 17.9 Å². The number of aliphatic carboxylic acids is 3. The van der Waals surface area contributed by atoms with Gasteiger partial charge in [0.05, 0.1) is 26.2 Å². The number of carboxylic acids is 3. The number of nitrogens with two attached hydrogens (primary N) is 1. The Morgan fingerprint density at radius 1 is 0.889 bits per heavy atom. The molecule has 0 aromatic heterocycles. The topological polar surface area (TPSA) is 182 Å². The Kier molecular flexibility index (Phi) is 13.6. The largest absolute Gasteiger partial charge is 0.480 e. The average Bonchev–Trinajstić information content (AvgIpc) is 2.59. The van der Waals surface area contributed by atoms with Gasteiger partial charge in [0.2, 0.25) is 5.91 Å². The molecule has 0 unspecified atom stereocenters. The lowest BCUT2D eigenvalue weighted by atomic mass is 9.94. The van der Waals surface area contributed by atoms with Gasteiger partial charge in [-0.3, -0.25) is 29.4 Å². The molecular formula is C16H30N4O7. The van der Waals surface area contributed by atoms with Gasteiger partial charge >= 0.3 is 17.9 Å². The summed E-state index contributed by atoms with van der Waals surface area (Å²) in [5.74, 6) is -3.15. The Morgan fingerprint density at radius 3 is 1.89 bits per heavy atom. The average molecular weight is 390 g/mol.